The van der Waals surface area contributed by atoms with Crippen molar-refractivity contribution >= 4 is 40.8 Å². The van der Waals surface area contributed by atoms with Crippen molar-refractivity contribution in [2.24, 2.45) is 0 Å². The molecule has 114 valence electrons. The standard InChI is InChI=1S/C12H21N3O2S3/c1-6-17-9(16)12(3,13-4)7-8(2)19-11-15-14-10(18-5)20-11/h8,13H,6-7H2,1-5H3. The fourth-order valence-corrected chi connectivity index (χ4v) is 4.63. The number of esters is 1. The van der Waals surface area contributed by atoms with Gasteiger partial charge in [0, 0.05) is 5.25 Å². The highest BCUT2D eigenvalue weighted by Gasteiger charge is 2.35. The van der Waals surface area contributed by atoms with Crippen molar-refractivity contribution in [3.63, 3.8) is 0 Å². The molecule has 0 fully saturated rings. The lowest BCUT2D eigenvalue weighted by atomic mass is 9.96. The number of nitrogens with zero attached hydrogens (tertiary/aromatic N) is 2. The van der Waals surface area contributed by atoms with E-state index in [-0.39, 0.29) is 11.2 Å². The van der Waals surface area contributed by atoms with Crippen LogP contribution in [0.2, 0.25) is 0 Å². The van der Waals surface area contributed by atoms with Crippen LogP contribution in [0.5, 0.6) is 0 Å². The van der Waals surface area contributed by atoms with Gasteiger partial charge in [-0.15, -0.1) is 10.2 Å². The lowest BCUT2D eigenvalue weighted by molar-refractivity contribution is -0.150. The molecule has 0 saturated carbocycles. The highest BCUT2D eigenvalue weighted by atomic mass is 32.2. The summed E-state index contributed by atoms with van der Waals surface area (Å²) in [6, 6.07) is 0. The third kappa shape index (κ3) is 4.91. The van der Waals surface area contributed by atoms with Crippen molar-refractivity contribution in [1.29, 1.82) is 0 Å². The molecule has 2 atom stereocenters. The molecule has 0 aliphatic heterocycles. The van der Waals surface area contributed by atoms with Crippen molar-refractivity contribution in [1.82, 2.24) is 15.5 Å². The predicted molar refractivity (Wildman–Crippen MR) is 85.7 cm³/mol. The number of hydrogen-bond acceptors (Lipinski definition) is 8. The summed E-state index contributed by atoms with van der Waals surface area (Å²) in [4.78, 5) is 12.0. The highest BCUT2D eigenvalue weighted by Crippen LogP contribution is 2.33. The van der Waals surface area contributed by atoms with Gasteiger partial charge in [0.05, 0.1) is 6.61 Å². The summed E-state index contributed by atoms with van der Waals surface area (Å²) in [5.41, 5.74) is -0.671. The summed E-state index contributed by atoms with van der Waals surface area (Å²) in [6.07, 6.45) is 2.65. The van der Waals surface area contributed by atoms with Gasteiger partial charge in [-0.2, -0.15) is 0 Å². The van der Waals surface area contributed by atoms with Gasteiger partial charge >= 0.3 is 5.97 Å². The van der Waals surface area contributed by atoms with Gasteiger partial charge in [-0.25, -0.2) is 0 Å². The summed E-state index contributed by atoms with van der Waals surface area (Å²) < 4.78 is 7.03. The lowest BCUT2D eigenvalue weighted by Gasteiger charge is -2.28. The predicted octanol–water partition coefficient (Wildman–Crippen LogP) is 2.67. The molecule has 0 bridgehead atoms. The molecule has 0 amide bonds. The molecule has 0 aliphatic rings. The Kier molecular flexibility index (Phi) is 7.28. The van der Waals surface area contributed by atoms with Gasteiger partial charge < -0.3 is 10.1 Å². The lowest BCUT2D eigenvalue weighted by Crippen LogP contribution is -2.50. The number of rotatable bonds is 8. The van der Waals surface area contributed by atoms with E-state index < -0.39 is 5.54 Å². The highest BCUT2D eigenvalue weighted by molar-refractivity contribution is 8.03. The Balaban J connectivity index is 2.62. The molecule has 0 spiro atoms. The first kappa shape index (κ1) is 17.7. The molecule has 1 rings (SSSR count). The van der Waals surface area contributed by atoms with E-state index in [0.29, 0.717) is 13.0 Å². The van der Waals surface area contributed by atoms with Crippen molar-refractivity contribution in [2.75, 3.05) is 19.9 Å². The van der Waals surface area contributed by atoms with Crippen LogP contribution in [-0.2, 0) is 9.53 Å². The van der Waals surface area contributed by atoms with Crippen molar-refractivity contribution in [3.05, 3.63) is 0 Å². The summed E-state index contributed by atoms with van der Waals surface area (Å²) in [5.74, 6) is -0.211. The molecular weight excluding hydrogens is 314 g/mol. The number of likely N-dealkylation sites (N-methyl/N-ethyl adjacent to an activating group) is 1. The van der Waals surface area contributed by atoms with Crippen molar-refractivity contribution in [3.8, 4) is 0 Å². The second kappa shape index (κ2) is 8.21. The normalized spacial score (nSPS) is 15.7. The molecule has 5 nitrogen and oxygen atoms in total. The van der Waals surface area contributed by atoms with Gasteiger partial charge in [0.1, 0.15) is 5.54 Å². The minimum Gasteiger partial charge on any atom is -0.465 e. The average molecular weight is 336 g/mol. The first-order chi connectivity index (χ1) is 9.45. The quantitative estimate of drug-likeness (QED) is 0.579. The molecule has 0 saturated heterocycles. The summed E-state index contributed by atoms with van der Waals surface area (Å²) in [5, 5.41) is 11.5. The summed E-state index contributed by atoms with van der Waals surface area (Å²) in [7, 11) is 1.78. The Morgan fingerprint density at radius 3 is 2.65 bits per heavy atom. The van der Waals surface area contributed by atoms with E-state index in [1.54, 1.807) is 41.9 Å². The second-order valence-electron chi connectivity index (χ2n) is 4.47. The van der Waals surface area contributed by atoms with E-state index in [4.69, 9.17) is 4.74 Å². The third-order valence-electron chi connectivity index (χ3n) is 2.84. The molecule has 2 unspecified atom stereocenters. The smallest absolute Gasteiger partial charge is 0.326 e. The molecule has 20 heavy (non-hydrogen) atoms. The first-order valence-electron chi connectivity index (χ1n) is 6.35. The van der Waals surface area contributed by atoms with E-state index in [2.05, 4.69) is 22.4 Å². The number of ether oxygens (including phenoxy) is 1. The zero-order valence-electron chi connectivity index (χ0n) is 12.4. The minimum atomic E-state index is -0.671. The number of hydrogen-bond donors (Lipinski definition) is 1. The molecule has 1 N–H and O–H groups in total. The monoisotopic (exact) mass is 335 g/mol. The van der Waals surface area contributed by atoms with Crippen LogP contribution in [0.25, 0.3) is 0 Å². The number of carbonyl (C=O) groups excluding carboxylic acids is 1. The average Bonchev–Trinajstić information content (AvgIpc) is 2.86. The Labute approximate surface area is 132 Å². The molecule has 0 radical (unpaired) electrons. The maximum absolute atomic E-state index is 12.0. The summed E-state index contributed by atoms with van der Waals surface area (Å²) in [6.45, 7) is 6.16. The second-order valence-corrected chi connectivity index (χ2v) is 8.19. The van der Waals surface area contributed by atoms with Crippen LogP contribution in [0.3, 0.4) is 0 Å². The van der Waals surface area contributed by atoms with Crippen LogP contribution in [0.15, 0.2) is 8.68 Å². The first-order valence-corrected chi connectivity index (χ1v) is 9.27. The fraction of sp³-hybridized carbons (Fsp3) is 0.750. The van der Waals surface area contributed by atoms with Gasteiger partial charge in [0.25, 0.3) is 0 Å². The van der Waals surface area contributed by atoms with Crippen LogP contribution in [0.1, 0.15) is 27.2 Å². The topological polar surface area (TPSA) is 64.1 Å². The Bertz CT molecular complexity index is 441. The number of thioether (sulfide) groups is 2. The minimum absolute atomic E-state index is 0.211. The number of carbonyl (C=O) groups is 1. The van der Waals surface area contributed by atoms with Gasteiger partial charge in [-0.3, -0.25) is 4.79 Å². The maximum Gasteiger partial charge on any atom is 0.326 e. The molecule has 8 heteroatoms. The van der Waals surface area contributed by atoms with Gasteiger partial charge in [0.15, 0.2) is 8.68 Å². The number of aromatic nitrogens is 2. The zero-order chi connectivity index (χ0) is 15.2. The fourth-order valence-electron chi connectivity index (χ4n) is 1.69. The Hall–Kier alpha value is -0.310. The Morgan fingerprint density at radius 2 is 2.15 bits per heavy atom. The molecule has 0 aliphatic carbocycles. The van der Waals surface area contributed by atoms with Crippen LogP contribution in [-0.4, -0.2) is 46.9 Å². The van der Waals surface area contributed by atoms with Crippen LogP contribution in [0, 0.1) is 0 Å². The van der Waals surface area contributed by atoms with E-state index in [0.717, 1.165) is 8.68 Å². The molecular formula is C12H21N3O2S3. The molecule has 1 aromatic heterocycles. The maximum atomic E-state index is 12.0. The van der Waals surface area contributed by atoms with Gasteiger partial charge in [0.2, 0.25) is 0 Å². The number of nitrogens with one attached hydrogen (secondary N) is 1. The van der Waals surface area contributed by atoms with Crippen molar-refractivity contribution in [2.45, 2.75) is 46.7 Å². The van der Waals surface area contributed by atoms with Gasteiger partial charge in [-0.05, 0) is 33.6 Å². The third-order valence-corrected chi connectivity index (χ3v) is 5.92. The van der Waals surface area contributed by atoms with Crippen LogP contribution < -0.4 is 5.32 Å². The zero-order valence-corrected chi connectivity index (χ0v) is 14.9. The van der Waals surface area contributed by atoms with E-state index in [9.17, 15) is 4.79 Å². The largest absolute Gasteiger partial charge is 0.465 e. The van der Waals surface area contributed by atoms with E-state index >= 15 is 0 Å². The SMILES string of the molecule is CCOC(=O)C(C)(CC(C)Sc1nnc(SC)s1)NC. The van der Waals surface area contributed by atoms with E-state index in [1.807, 2.05) is 20.1 Å². The Morgan fingerprint density at radius 1 is 1.50 bits per heavy atom. The van der Waals surface area contributed by atoms with Crippen molar-refractivity contribution < 1.29 is 9.53 Å². The molecule has 1 heterocycles. The molecule has 1 aromatic rings. The van der Waals surface area contributed by atoms with Gasteiger partial charge in [-0.1, -0.05) is 41.8 Å². The van der Waals surface area contributed by atoms with Crippen LogP contribution in [0.4, 0.5) is 0 Å². The van der Waals surface area contributed by atoms with E-state index in [1.165, 1.54) is 0 Å². The van der Waals surface area contributed by atoms with Crippen LogP contribution >= 0.6 is 34.9 Å². The summed E-state index contributed by atoms with van der Waals surface area (Å²) >= 11 is 4.81. The molecule has 0 aromatic carbocycles.